The predicted molar refractivity (Wildman–Crippen MR) is 111 cm³/mol. The van der Waals surface area contributed by atoms with Crippen LogP contribution in [0.2, 0.25) is 0 Å². The van der Waals surface area contributed by atoms with Crippen molar-refractivity contribution in [2.45, 2.75) is 13.5 Å². The Bertz CT molecular complexity index is 782. The molecule has 0 saturated carbocycles. The molecule has 0 spiro atoms. The maximum absolute atomic E-state index is 11.2. The molecule has 0 aromatic heterocycles. The van der Waals surface area contributed by atoms with Gasteiger partial charge in [0.2, 0.25) is 5.91 Å². The lowest BCUT2D eigenvalue weighted by Gasteiger charge is -2.37. The largest absolute Gasteiger partial charge is 0.368 e. The van der Waals surface area contributed by atoms with E-state index in [-0.39, 0.29) is 5.91 Å². The predicted octanol–water partition coefficient (Wildman–Crippen LogP) is 2.54. The van der Waals surface area contributed by atoms with E-state index in [1.807, 2.05) is 37.4 Å². The number of hydrogen-bond donors (Lipinski definition) is 2. The standard InChI is InChI=1S/C21H27N5O/c1-17(27)24-19-8-6-7-18(15-19)16-23-21(22-2)26-13-11-25(12-14-26)20-9-4-3-5-10-20/h3-10,15H,11-14,16H2,1-2H3,(H,22,23)(H,24,27). The van der Waals surface area contributed by atoms with Gasteiger partial charge in [-0.15, -0.1) is 0 Å². The molecule has 3 rings (SSSR count). The van der Waals surface area contributed by atoms with Crippen LogP contribution in [0.1, 0.15) is 12.5 Å². The number of guanidine groups is 1. The fourth-order valence-electron chi connectivity index (χ4n) is 3.29. The zero-order chi connectivity index (χ0) is 19.1. The van der Waals surface area contributed by atoms with E-state index >= 15 is 0 Å². The third-order valence-corrected chi connectivity index (χ3v) is 4.61. The summed E-state index contributed by atoms with van der Waals surface area (Å²) in [5.41, 5.74) is 3.19. The SMILES string of the molecule is CN=C(NCc1cccc(NC(C)=O)c1)N1CCN(c2ccccc2)CC1. The molecule has 0 unspecified atom stereocenters. The molecule has 2 aromatic rings. The van der Waals surface area contributed by atoms with Crippen molar-refractivity contribution in [2.24, 2.45) is 4.99 Å². The summed E-state index contributed by atoms with van der Waals surface area (Å²) in [6.45, 7) is 5.99. The molecular weight excluding hydrogens is 338 g/mol. The van der Waals surface area contributed by atoms with Gasteiger partial charge in [0.05, 0.1) is 0 Å². The van der Waals surface area contributed by atoms with E-state index in [4.69, 9.17) is 0 Å². The molecule has 0 aliphatic carbocycles. The molecule has 1 fully saturated rings. The van der Waals surface area contributed by atoms with E-state index in [1.165, 1.54) is 12.6 Å². The third-order valence-electron chi connectivity index (χ3n) is 4.61. The number of para-hydroxylation sites is 1. The number of anilines is 2. The van der Waals surface area contributed by atoms with E-state index in [9.17, 15) is 4.79 Å². The van der Waals surface area contributed by atoms with Crippen LogP contribution in [0.5, 0.6) is 0 Å². The van der Waals surface area contributed by atoms with Gasteiger partial charge in [-0.3, -0.25) is 9.79 Å². The van der Waals surface area contributed by atoms with Crippen LogP contribution < -0.4 is 15.5 Å². The number of carbonyl (C=O) groups is 1. The van der Waals surface area contributed by atoms with Gasteiger partial charge in [0.1, 0.15) is 0 Å². The highest BCUT2D eigenvalue weighted by Crippen LogP contribution is 2.16. The number of benzene rings is 2. The van der Waals surface area contributed by atoms with Crippen molar-refractivity contribution in [1.82, 2.24) is 10.2 Å². The van der Waals surface area contributed by atoms with Crippen LogP contribution in [0.4, 0.5) is 11.4 Å². The Morgan fingerprint density at radius 3 is 2.44 bits per heavy atom. The molecule has 1 amide bonds. The molecule has 0 radical (unpaired) electrons. The number of aliphatic imine (C=N–C) groups is 1. The molecule has 1 heterocycles. The van der Waals surface area contributed by atoms with Crippen LogP contribution in [0.25, 0.3) is 0 Å². The van der Waals surface area contributed by atoms with Crippen molar-refractivity contribution in [3.63, 3.8) is 0 Å². The molecule has 1 aliphatic heterocycles. The minimum absolute atomic E-state index is 0.0628. The van der Waals surface area contributed by atoms with Crippen LogP contribution in [0, 0.1) is 0 Å². The first-order chi connectivity index (χ1) is 13.2. The summed E-state index contributed by atoms with van der Waals surface area (Å²) in [6.07, 6.45) is 0. The first-order valence-corrected chi connectivity index (χ1v) is 9.28. The van der Waals surface area contributed by atoms with Crippen molar-refractivity contribution in [2.75, 3.05) is 43.4 Å². The van der Waals surface area contributed by atoms with Gasteiger partial charge in [0, 0.05) is 58.1 Å². The van der Waals surface area contributed by atoms with Gasteiger partial charge in [-0.05, 0) is 29.8 Å². The fourth-order valence-corrected chi connectivity index (χ4v) is 3.29. The molecule has 1 aliphatic rings. The first kappa shape index (κ1) is 18.8. The minimum Gasteiger partial charge on any atom is -0.368 e. The summed E-state index contributed by atoms with van der Waals surface area (Å²) in [5, 5.41) is 6.25. The average molecular weight is 365 g/mol. The zero-order valence-corrected chi connectivity index (χ0v) is 16.0. The van der Waals surface area contributed by atoms with E-state index in [1.54, 1.807) is 0 Å². The summed E-state index contributed by atoms with van der Waals surface area (Å²) in [5.74, 6) is 0.847. The third kappa shape index (κ3) is 5.23. The van der Waals surface area contributed by atoms with E-state index in [2.05, 4.69) is 49.7 Å². The summed E-state index contributed by atoms with van der Waals surface area (Å²) in [7, 11) is 1.82. The molecule has 2 N–H and O–H groups in total. The molecular formula is C21H27N5O. The van der Waals surface area contributed by atoms with E-state index < -0.39 is 0 Å². The Morgan fingerprint density at radius 1 is 1.04 bits per heavy atom. The van der Waals surface area contributed by atoms with E-state index in [0.717, 1.165) is 43.4 Å². The molecule has 0 atom stereocenters. The Labute approximate surface area is 160 Å². The highest BCUT2D eigenvalue weighted by Gasteiger charge is 2.19. The molecule has 0 bridgehead atoms. The van der Waals surface area contributed by atoms with Crippen molar-refractivity contribution >= 4 is 23.2 Å². The fraction of sp³-hybridized carbons (Fsp3) is 0.333. The Kier molecular flexibility index (Phi) is 6.30. The highest BCUT2D eigenvalue weighted by molar-refractivity contribution is 5.88. The lowest BCUT2D eigenvalue weighted by Crippen LogP contribution is -2.52. The molecule has 6 heteroatoms. The molecule has 142 valence electrons. The van der Waals surface area contributed by atoms with Crippen LogP contribution in [0.3, 0.4) is 0 Å². The van der Waals surface area contributed by atoms with Crippen LogP contribution in [-0.2, 0) is 11.3 Å². The van der Waals surface area contributed by atoms with Crippen molar-refractivity contribution in [1.29, 1.82) is 0 Å². The number of nitrogens with zero attached hydrogens (tertiary/aromatic N) is 3. The van der Waals surface area contributed by atoms with Crippen LogP contribution in [-0.4, -0.2) is 50.0 Å². The lowest BCUT2D eigenvalue weighted by atomic mass is 10.2. The summed E-state index contributed by atoms with van der Waals surface area (Å²) < 4.78 is 0. The second-order valence-electron chi connectivity index (χ2n) is 6.59. The van der Waals surface area contributed by atoms with Crippen LogP contribution in [0.15, 0.2) is 59.6 Å². The van der Waals surface area contributed by atoms with Gasteiger partial charge >= 0.3 is 0 Å². The van der Waals surface area contributed by atoms with Gasteiger partial charge in [-0.25, -0.2) is 0 Å². The van der Waals surface area contributed by atoms with Crippen molar-refractivity contribution in [3.8, 4) is 0 Å². The number of piperazine rings is 1. The monoisotopic (exact) mass is 365 g/mol. The number of rotatable bonds is 4. The van der Waals surface area contributed by atoms with Gasteiger partial charge in [-0.2, -0.15) is 0 Å². The van der Waals surface area contributed by atoms with Crippen molar-refractivity contribution in [3.05, 3.63) is 60.2 Å². The summed E-state index contributed by atoms with van der Waals surface area (Å²) in [6, 6.07) is 18.4. The lowest BCUT2D eigenvalue weighted by molar-refractivity contribution is -0.114. The van der Waals surface area contributed by atoms with Gasteiger partial charge < -0.3 is 20.4 Å². The quantitative estimate of drug-likeness (QED) is 0.646. The second-order valence-corrected chi connectivity index (χ2v) is 6.59. The number of hydrogen-bond acceptors (Lipinski definition) is 3. The maximum atomic E-state index is 11.2. The number of amides is 1. The average Bonchev–Trinajstić information content (AvgIpc) is 2.69. The van der Waals surface area contributed by atoms with Crippen molar-refractivity contribution < 1.29 is 4.79 Å². The summed E-state index contributed by atoms with van der Waals surface area (Å²) >= 11 is 0. The van der Waals surface area contributed by atoms with E-state index in [0.29, 0.717) is 6.54 Å². The number of carbonyl (C=O) groups excluding carboxylic acids is 1. The molecule has 6 nitrogen and oxygen atoms in total. The normalized spacial score (nSPS) is 14.8. The maximum Gasteiger partial charge on any atom is 0.221 e. The Balaban J connectivity index is 1.54. The van der Waals surface area contributed by atoms with Gasteiger partial charge in [0.15, 0.2) is 5.96 Å². The Hall–Kier alpha value is -3.02. The number of nitrogens with one attached hydrogen (secondary N) is 2. The topological polar surface area (TPSA) is 60.0 Å². The van der Waals surface area contributed by atoms with Crippen LogP contribution >= 0.6 is 0 Å². The minimum atomic E-state index is -0.0628. The molecule has 27 heavy (non-hydrogen) atoms. The van der Waals surface area contributed by atoms with Gasteiger partial charge in [0.25, 0.3) is 0 Å². The smallest absolute Gasteiger partial charge is 0.221 e. The molecule has 1 saturated heterocycles. The zero-order valence-electron chi connectivity index (χ0n) is 16.0. The summed E-state index contributed by atoms with van der Waals surface area (Å²) in [4.78, 5) is 20.3. The Morgan fingerprint density at radius 2 is 1.78 bits per heavy atom. The second kappa shape index (κ2) is 9.07. The molecule has 2 aromatic carbocycles. The highest BCUT2D eigenvalue weighted by atomic mass is 16.1. The first-order valence-electron chi connectivity index (χ1n) is 9.28. The van der Waals surface area contributed by atoms with Gasteiger partial charge in [-0.1, -0.05) is 30.3 Å².